The molecule has 4 aromatic rings. The zero-order valence-electron chi connectivity index (χ0n) is 16.2. The van der Waals surface area contributed by atoms with Crippen LogP contribution >= 0.6 is 11.8 Å². The van der Waals surface area contributed by atoms with Crippen LogP contribution in [0.25, 0.3) is 10.8 Å². The van der Waals surface area contributed by atoms with Crippen LogP contribution in [0.2, 0.25) is 0 Å². The number of amides is 1. The number of hydrogen-bond acceptors (Lipinski definition) is 5. The van der Waals surface area contributed by atoms with Crippen LogP contribution in [-0.4, -0.2) is 21.6 Å². The van der Waals surface area contributed by atoms with Gasteiger partial charge >= 0.3 is 0 Å². The lowest BCUT2D eigenvalue weighted by molar-refractivity contribution is -0.113. The number of nitrogens with zero attached hydrogens (tertiary/aromatic N) is 1. The second-order valence-corrected chi connectivity index (χ2v) is 7.60. The fraction of sp³-hybridized carbons (Fsp3) is 0.0870. The number of aromatic nitrogens is 2. The van der Waals surface area contributed by atoms with Crippen molar-refractivity contribution in [2.45, 2.75) is 12.1 Å². The summed E-state index contributed by atoms with van der Waals surface area (Å²) in [7, 11) is 0. The average molecular weight is 417 g/mol. The number of hydrogen-bond donors (Lipinski definition) is 2. The minimum Gasteiger partial charge on any atom is -0.457 e. The van der Waals surface area contributed by atoms with Crippen molar-refractivity contribution in [3.63, 3.8) is 0 Å². The number of aromatic amines is 1. The molecule has 4 rings (SSSR count). The first-order valence-corrected chi connectivity index (χ1v) is 10.3. The maximum absolute atomic E-state index is 12.2. The molecule has 0 aliphatic heterocycles. The lowest BCUT2D eigenvalue weighted by Gasteiger charge is -2.10. The predicted octanol–water partition coefficient (Wildman–Crippen LogP) is 4.75. The van der Waals surface area contributed by atoms with Crippen molar-refractivity contribution in [2.75, 3.05) is 11.1 Å². The summed E-state index contributed by atoms with van der Waals surface area (Å²) in [5.41, 5.74) is 1.05. The topological polar surface area (TPSA) is 84.1 Å². The highest BCUT2D eigenvalue weighted by atomic mass is 32.2. The third kappa shape index (κ3) is 4.87. The van der Waals surface area contributed by atoms with Crippen molar-refractivity contribution >= 4 is 34.1 Å². The molecule has 0 aliphatic rings. The molecule has 7 heteroatoms. The Morgan fingerprint density at radius 2 is 1.83 bits per heavy atom. The van der Waals surface area contributed by atoms with Gasteiger partial charge < -0.3 is 15.0 Å². The fourth-order valence-corrected chi connectivity index (χ4v) is 3.69. The molecular weight excluding hydrogens is 398 g/mol. The van der Waals surface area contributed by atoms with E-state index < -0.39 is 0 Å². The normalized spacial score (nSPS) is 10.7. The Morgan fingerprint density at radius 1 is 1.07 bits per heavy atom. The second kappa shape index (κ2) is 8.84. The lowest BCUT2D eigenvalue weighted by atomic mass is 10.1. The maximum Gasteiger partial charge on any atom is 0.251 e. The van der Waals surface area contributed by atoms with E-state index >= 15 is 0 Å². The van der Waals surface area contributed by atoms with Crippen LogP contribution in [0, 0.1) is 6.92 Å². The Balaban J connectivity index is 1.37. The molecule has 1 amide bonds. The molecule has 1 aromatic heterocycles. The number of thioether (sulfide) groups is 1. The molecule has 2 N–H and O–H groups in total. The number of ether oxygens (including phenoxy) is 1. The Kier molecular flexibility index (Phi) is 5.81. The summed E-state index contributed by atoms with van der Waals surface area (Å²) in [6.45, 7) is 1.74. The van der Waals surface area contributed by atoms with Gasteiger partial charge in [0.25, 0.3) is 5.56 Å². The van der Waals surface area contributed by atoms with Gasteiger partial charge in [-0.2, -0.15) is 0 Å². The van der Waals surface area contributed by atoms with Gasteiger partial charge in [0, 0.05) is 22.8 Å². The Bertz CT molecular complexity index is 1250. The molecule has 0 radical (unpaired) electrons. The van der Waals surface area contributed by atoms with Crippen LogP contribution in [-0.2, 0) is 4.79 Å². The predicted molar refractivity (Wildman–Crippen MR) is 119 cm³/mol. The number of anilines is 1. The molecule has 3 aromatic carbocycles. The highest BCUT2D eigenvalue weighted by Gasteiger charge is 2.07. The van der Waals surface area contributed by atoms with E-state index in [4.69, 9.17) is 4.74 Å². The molecule has 0 unspecified atom stereocenters. The molecule has 0 fully saturated rings. The molecule has 0 aliphatic carbocycles. The smallest absolute Gasteiger partial charge is 0.251 e. The third-order valence-electron chi connectivity index (χ3n) is 4.30. The van der Waals surface area contributed by atoms with E-state index in [9.17, 15) is 9.59 Å². The molecule has 0 bridgehead atoms. The minimum atomic E-state index is -0.229. The second-order valence-electron chi connectivity index (χ2n) is 6.63. The summed E-state index contributed by atoms with van der Waals surface area (Å²) in [6, 6.07) is 22.6. The summed E-state index contributed by atoms with van der Waals surface area (Å²) in [4.78, 5) is 30.5. The summed E-state index contributed by atoms with van der Waals surface area (Å²) >= 11 is 1.18. The number of aryl methyl sites for hydroxylation is 1. The zero-order valence-corrected chi connectivity index (χ0v) is 17.0. The third-order valence-corrected chi connectivity index (χ3v) is 5.18. The van der Waals surface area contributed by atoms with Gasteiger partial charge in [0.1, 0.15) is 11.5 Å². The van der Waals surface area contributed by atoms with Crippen LogP contribution in [0.1, 0.15) is 5.69 Å². The zero-order chi connectivity index (χ0) is 20.9. The van der Waals surface area contributed by atoms with E-state index in [0.717, 1.165) is 16.5 Å². The van der Waals surface area contributed by atoms with Crippen LogP contribution in [0.5, 0.6) is 11.5 Å². The number of fused-ring (bicyclic) bond motifs is 1. The van der Waals surface area contributed by atoms with E-state index in [2.05, 4.69) is 15.3 Å². The van der Waals surface area contributed by atoms with E-state index in [1.807, 2.05) is 54.6 Å². The molecule has 0 atom stereocenters. The van der Waals surface area contributed by atoms with Crippen molar-refractivity contribution in [1.29, 1.82) is 0 Å². The maximum atomic E-state index is 12.2. The largest absolute Gasteiger partial charge is 0.457 e. The SMILES string of the molecule is Cc1cc(=O)[nH]c(SCC(=O)Nc2ccc(Oc3cccc4ccccc34)cc2)n1. The summed E-state index contributed by atoms with van der Waals surface area (Å²) in [5, 5.41) is 5.40. The highest BCUT2D eigenvalue weighted by Crippen LogP contribution is 2.30. The minimum absolute atomic E-state index is 0.140. The molecule has 150 valence electrons. The van der Waals surface area contributed by atoms with Crippen LogP contribution < -0.4 is 15.6 Å². The first kappa shape index (κ1) is 19.7. The standard InChI is InChI=1S/C23H19N3O3S/c1-15-13-21(27)26-23(24-15)30-14-22(28)25-17-9-11-18(12-10-17)29-20-8-4-6-16-5-2-3-7-19(16)20/h2-13H,14H2,1H3,(H,25,28)(H,24,26,27). The molecule has 6 nitrogen and oxygen atoms in total. The van der Waals surface area contributed by atoms with Gasteiger partial charge in [0.2, 0.25) is 5.91 Å². The van der Waals surface area contributed by atoms with E-state index in [0.29, 0.717) is 22.3 Å². The van der Waals surface area contributed by atoms with E-state index in [1.165, 1.54) is 17.8 Å². The molecule has 0 saturated heterocycles. The summed E-state index contributed by atoms with van der Waals surface area (Å²) in [5.74, 6) is 1.41. The fourth-order valence-electron chi connectivity index (χ4n) is 2.97. The van der Waals surface area contributed by atoms with Gasteiger partial charge in [-0.05, 0) is 42.6 Å². The van der Waals surface area contributed by atoms with Crippen molar-refractivity contribution in [3.05, 3.63) is 88.8 Å². The highest BCUT2D eigenvalue weighted by molar-refractivity contribution is 7.99. The average Bonchev–Trinajstić information content (AvgIpc) is 2.73. The van der Waals surface area contributed by atoms with Crippen LogP contribution in [0.4, 0.5) is 5.69 Å². The van der Waals surface area contributed by atoms with Gasteiger partial charge in [-0.25, -0.2) is 4.98 Å². The number of rotatable bonds is 6. The van der Waals surface area contributed by atoms with Gasteiger partial charge in [0.05, 0.1) is 5.75 Å². The Hall–Kier alpha value is -3.58. The molecule has 0 saturated carbocycles. The van der Waals surface area contributed by atoms with Crippen molar-refractivity contribution in [3.8, 4) is 11.5 Å². The van der Waals surface area contributed by atoms with Gasteiger partial charge in [0.15, 0.2) is 5.16 Å². The summed E-state index contributed by atoms with van der Waals surface area (Å²) < 4.78 is 6.02. The van der Waals surface area contributed by atoms with Crippen LogP contribution in [0.3, 0.4) is 0 Å². The van der Waals surface area contributed by atoms with Gasteiger partial charge in [-0.3, -0.25) is 9.59 Å². The lowest BCUT2D eigenvalue weighted by Crippen LogP contribution is -2.15. The number of H-pyrrole nitrogens is 1. The van der Waals surface area contributed by atoms with Crippen molar-refractivity contribution < 1.29 is 9.53 Å². The van der Waals surface area contributed by atoms with Crippen molar-refractivity contribution in [2.24, 2.45) is 0 Å². The first-order chi connectivity index (χ1) is 14.6. The van der Waals surface area contributed by atoms with Gasteiger partial charge in [-0.15, -0.1) is 0 Å². The number of carbonyl (C=O) groups excluding carboxylic acids is 1. The number of benzene rings is 3. The molecular formula is C23H19N3O3S. The Morgan fingerprint density at radius 3 is 2.63 bits per heavy atom. The van der Waals surface area contributed by atoms with Crippen molar-refractivity contribution in [1.82, 2.24) is 9.97 Å². The van der Waals surface area contributed by atoms with E-state index in [-0.39, 0.29) is 17.2 Å². The quantitative estimate of drug-likeness (QED) is 0.349. The number of carbonyl (C=O) groups is 1. The Labute approximate surface area is 177 Å². The monoisotopic (exact) mass is 417 g/mol. The van der Waals surface area contributed by atoms with Gasteiger partial charge in [-0.1, -0.05) is 48.2 Å². The number of nitrogens with one attached hydrogen (secondary N) is 2. The molecule has 0 spiro atoms. The molecule has 30 heavy (non-hydrogen) atoms. The molecule has 1 heterocycles. The van der Waals surface area contributed by atoms with E-state index in [1.54, 1.807) is 19.1 Å². The summed E-state index contributed by atoms with van der Waals surface area (Å²) in [6.07, 6.45) is 0. The van der Waals surface area contributed by atoms with Crippen LogP contribution in [0.15, 0.2) is 82.7 Å². The first-order valence-electron chi connectivity index (χ1n) is 9.33.